The number of guanidine groups is 1. The number of hydrogen-bond acceptors (Lipinski definition) is 4. The summed E-state index contributed by atoms with van der Waals surface area (Å²) in [6.07, 6.45) is 6.67. The number of aromatic nitrogens is 2. The highest BCUT2D eigenvalue weighted by Crippen LogP contribution is 2.23. The maximum absolute atomic E-state index is 6.23. The van der Waals surface area contributed by atoms with Crippen molar-refractivity contribution in [2.75, 3.05) is 19.8 Å². The summed E-state index contributed by atoms with van der Waals surface area (Å²) >= 11 is 0. The Morgan fingerprint density at radius 1 is 1.21 bits per heavy atom. The predicted molar refractivity (Wildman–Crippen MR) is 146 cm³/mol. The number of aliphatic imine (C=N–C) groups is 1. The average molecular weight is 575 g/mol. The van der Waals surface area contributed by atoms with Crippen LogP contribution in [0.15, 0.2) is 66.2 Å². The van der Waals surface area contributed by atoms with Gasteiger partial charge in [0.05, 0.1) is 26.1 Å². The first-order valence-electron chi connectivity index (χ1n) is 11.6. The van der Waals surface area contributed by atoms with E-state index in [0.717, 1.165) is 43.4 Å². The summed E-state index contributed by atoms with van der Waals surface area (Å²) < 4.78 is 13.8. The van der Waals surface area contributed by atoms with E-state index in [4.69, 9.17) is 14.5 Å². The van der Waals surface area contributed by atoms with Gasteiger partial charge in [-0.05, 0) is 36.6 Å². The van der Waals surface area contributed by atoms with Gasteiger partial charge in [-0.25, -0.2) is 9.98 Å². The summed E-state index contributed by atoms with van der Waals surface area (Å²) in [6.45, 7) is 8.42. The number of benzene rings is 2. The van der Waals surface area contributed by atoms with Gasteiger partial charge in [-0.1, -0.05) is 36.4 Å². The van der Waals surface area contributed by atoms with E-state index >= 15 is 0 Å². The number of aryl methyl sites for hydroxylation is 1. The molecule has 34 heavy (non-hydrogen) atoms. The van der Waals surface area contributed by atoms with Gasteiger partial charge in [-0.2, -0.15) is 0 Å². The molecule has 4 rings (SSSR count). The van der Waals surface area contributed by atoms with Crippen molar-refractivity contribution >= 4 is 29.9 Å². The van der Waals surface area contributed by atoms with Crippen molar-refractivity contribution in [1.29, 1.82) is 0 Å². The number of nitrogens with zero attached hydrogens (tertiary/aromatic N) is 3. The zero-order valence-corrected chi connectivity index (χ0v) is 22.2. The third kappa shape index (κ3) is 7.73. The second-order valence-electron chi connectivity index (χ2n) is 8.32. The van der Waals surface area contributed by atoms with Crippen LogP contribution in [0.2, 0.25) is 0 Å². The lowest BCUT2D eigenvalue weighted by molar-refractivity contribution is 0.140. The molecule has 1 aliphatic rings. The van der Waals surface area contributed by atoms with Crippen LogP contribution in [0.25, 0.3) is 0 Å². The first kappa shape index (κ1) is 26.0. The number of imidazole rings is 1. The third-order valence-electron chi connectivity index (χ3n) is 5.53. The summed E-state index contributed by atoms with van der Waals surface area (Å²) in [4.78, 5) is 8.92. The molecule has 182 valence electrons. The highest BCUT2D eigenvalue weighted by atomic mass is 127. The number of nitrogens with one attached hydrogen (secondary N) is 2. The van der Waals surface area contributed by atoms with Gasteiger partial charge in [-0.15, -0.1) is 24.0 Å². The van der Waals surface area contributed by atoms with Gasteiger partial charge in [-0.3, -0.25) is 0 Å². The van der Waals surface area contributed by atoms with E-state index in [1.54, 1.807) is 6.20 Å². The standard InChI is InChI=1S/C26H33N5O2.HI/c1-3-28-26(29-15-21-5-4-6-22(14-21)17-31-11-10-27-19-31)30-16-23-8-7-20(2)13-25(23)33-24-9-12-32-18-24;/h4-8,10-11,13-14,19,24H,3,9,12,15-18H2,1-2H3,(H2,28,29,30);1H. The molecular weight excluding hydrogens is 541 g/mol. The molecule has 2 N–H and O–H groups in total. The van der Waals surface area contributed by atoms with Crippen molar-refractivity contribution in [2.45, 2.75) is 46.0 Å². The molecule has 1 aliphatic heterocycles. The number of halogens is 1. The van der Waals surface area contributed by atoms with Crippen LogP contribution >= 0.6 is 24.0 Å². The maximum atomic E-state index is 6.23. The van der Waals surface area contributed by atoms with Gasteiger partial charge < -0.3 is 24.7 Å². The lowest BCUT2D eigenvalue weighted by Crippen LogP contribution is -2.37. The molecule has 0 bridgehead atoms. The van der Waals surface area contributed by atoms with Crippen molar-refractivity contribution in [1.82, 2.24) is 20.2 Å². The van der Waals surface area contributed by atoms with E-state index in [-0.39, 0.29) is 30.1 Å². The molecule has 0 amide bonds. The number of hydrogen-bond donors (Lipinski definition) is 2. The monoisotopic (exact) mass is 575 g/mol. The van der Waals surface area contributed by atoms with Crippen molar-refractivity contribution in [2.24, 2.45) is 4.99 Å². The third-order valence-corrected chi connectivity index (χ3v) is 5.53. The topological polar surface area (TPSA) is 72.7 Å². The van der Waals surface area contributed by atoms with Crippen molar-refractivity contribution in [3.05, 3.63) is 83.4 Å². The highest BCUT2D eigenvalue weighted by Gasteiger charge is 2.18. The fourth-order valence-electron chi connectivity index (χ4n) is 3.81. The van der Waals surface area contributed by atoms with E-state index in [0.29, 0.717) is 19.7 Å². The Hall–Kier alpha value is -2.59. The minimum atomic E-state index is 0. The fourth-order valence-corrected chi connectivity index (χ4v) is 3.81. The molecule has 0 radical (unpaired) electrons. The van der Waals surface area contributed by atoms with Crippen LogP contribution in [-0.2, 0) is 24.4 Å². The van der Waals surface area contributed by atoms with Gasteiger partial charge in [0, 0.05) is 44.0 Å². The van der Waals surface area contributed by atoms with Crippen LogP contribution in [0.5, 0.6) is 5.75 Å². The SMILES string of the molecule is CCNC(=NCc1cccc(Cn2ccnc2)c1)NCc1ccc(C)cc1OC1CCOC1.I. The molecule has 0 saturated carbocycles. The molecule has 0 spiro atoms. The smallest absolute Gasteiger partial charge is 0.191 e. The van der Waals surface area contributed by atoms with Crippen molar-refractivity contribution in [3.8, 4) is 5.75 Å². The van der Waals surface area contributed by atoms with Crippen LogP contribution in [-0.4, -0.2) is 41.4 Å². The summed E-state index contributed by atoms with van der Waals surface area (Å²) in [5.41, 5.74) is 4.70. The van der Waals surface area contributed by atoms with E-state index in [1.165, 1.54) is 16.7 Å². The lowest BCUT2D eigenvalue weighted by Gasteiger charge is -2.18. The predicted octanol–water partition coefficient (Wildman–Crippen LogP) is 4.28. The molecular formula is C26H34IN5O2. The Kier molecular flexibility index (Phi) is 10.2. The Labute approximate surface area is 219 Å². The van der Waals surface area contributed by atoms with Gasteiger partial charge in [0.1, 0.15) is 11.9 Å². The Bertz CT molecular complexity index is 1050. The van der Waals surface area contributed by atoms with Crippen molar-refractivity contribution < 1.29 is 9.47 Å². The number of rotatable bonds is 9. The van der Waals surface area contributed by atoms with Crippen LogP contribution < -0.4 is 15.4 Å². The van der Waals surface area contributed by atoms with E-state index < -0.39 is 0 Å². The highest BCUT2D eigenvalue weighted by molar-refractivity contribution is 14.0. The lowest BCUT2D eigenvalue weighted by atomic mass is 10.1. The average Bonchev–Trinajstić information content (AvgIpc) is 3.51. The van der Waals surface area contributed by atoms with Crippen molar-refractivity contribution in [3.63, 3.8) is 0 Å². The molecule has 1 saturated heterocycles. The zero-order chi connectivity index (χ0) is 22.9. The largest absolute Gasteiger partial charge is 0.488 e. The van der Waals surface area contributed by atoms with E-state index in [2.05, 4.69) is 76.5 Å². The fraction of sp³-hybridized carbons (Fsp3) is 0.385. The summed E-state index contributed by atoms with van der Waals surface area (Å²) in [5.74, 6) is 1.70. The molecule has 8 heteroatoms. The zero-order valence-electron chi connectivity index (χ0n) is 19.9. The molecule has 1 atom stereocenters. The van der Waals surface area contributed by atoms with E-state index in [1.807, 2.05) is 12.5 Å². The Morgan fingerprint density at radius 3 is 2.85 bits per heavy atom. The van der Waals surface area contributed by atoms with E-state index in [9.17, 15) is 0 Å². The maximum Gasteiger partial charge on any atom is 0.191 e. The molecule has 1 aromatic heterocycles. The molecule has 1 fully saturated rings. The first-order valence-corrected chi connectivity index (χ1v) is 11.6. The van der Waals surface area contributed by atoms with Crippen LogP contribution in [0, 0.1) is 6.92 Å². The van der Waals surface area contributed by atoms with Crippen LogP contribution in [0.3, 0.4) is 0 Å². The summed E-state index contributed by atoms with van der Waals surface area (Å²) in [5, 5.41) is 6.80. The second-order valence-corrected chi connectivity index (χ2v) is 8.32. The second kappa shape index (κ2) is 13.3. The molecule has 1 unspecified atom stereocenters. The minimum Gasteiger partial charge on any atom is -0.488 e. The van der Waals surface area contributed by atoms with Gasteiger partial charge >= 0.3 is 0 Å². The Balaban J connectivity index is 0.00000324. The first-order chi connectivity index (χ1) is 16.2. The Morgan fingerprint density at radius 2 is 2.09 bits per heavy atom. The van der Waals surface area contributed by atoms with Crippen LogP contribution in [0.1, 0.15) is 35.6 Å². The van der Waals surface area contributed by atoms with Crippen LogP contribution in [0.4, 0.5) is 0 Å². The van der Waals surface area contributed by atoms with Gasteiger partial charge in [0.25, 0.3) is 0 Å². The summed E-state index contributed by atoms with van der Waals surface area (Å²) in [7, 11) is 0. The molecule has 7 nitrogen and oxygen atoms in total. The number of ether oxygens (including phenoxy) is 2. The molecule has 3 aromatic rings. The molecule has 2 aromatic carbocycles. The van der Waals surface area contributed by atoms with Gasteiger partial charge in [0.2, 0.25) is 0 Å². The summed E-state index contributed by atoms with van der Waals surface area (Å²) in [6, 6.07) is 14.9. The molecule has 0 aliphatic carbocycles. The van der Waals surface area contributed by atoms with Gasteiger partial charge in [0.15, 0.2) is 5.96 Å². The quantitative estimate of drug-likeness (QED) is 0.227. The molecule has 2 heterocycles. The normalized spacial score (nSPS) is 15.6. The minimum absolute atomic E-state index is 0.